The van der Waals surface area contributed by atoms with Crippen molar-refractivity contribution in [1.29, 1.82) is 0 Å². The summed E-state index contributed by atoms with van der Waals surface area (Å²) in [6, 6.07) is 8.91. The van der Waals surface area contributed by atoms with E-state index >= 15 is 0 Å². The highest BCUT2D eigenvalue weighted by atomic mass is 16.5. The Morgan fingerprint density at radius 2 is 1.80 bits per heavy atom. The highest BCUT2D eigenvalue weighted by Crippen LogP contribution is 2.44. The lowest BCUT2D eigenvalue weighted by Gasteiger charge is -2.45. The maximum atomic E-state index is 11.3. The number of aryl methyl sites for hydroxylation is 1. The molecule has 2 N–H and O–H groups in total. The molecule has 1 amide bonds. The maximum Gasteiger partial charge on any atom is 0.250 e. The van der Waals surface area contributed by atoms with Crippen molar-refractivity contribution in [3.8, 4) is 5.88 Å². The summed E-state index contributed by atoms with van der Waals surface area (Å²) in [7, 11) is 0. The molecule has 7 nitrogen and oxygen atoms in total. The summed E-state index contributed by atoms with van der Waals surface area (Å²) in [5, 5.41) is 0. The standard InChI is InChI=1S/C28H37N5O2/c29-27(34)21-4-6-25(30-19-21)33-16-12-28(13-17-33)11-8-24-20(18-28)5-7-26(31-24)35-23-9-14-32(15-10-23)22-2-1-3-22/h4-7,19,22-23H,1-3,8-18H2,(H2,29,34). The van der Waals surface area contributed by atoms with Crippen molar-refractivity contribution in [1.82, 2.24) is 14.9 Å². The third kappa shape index (κ3) is 4.75. The Bertz CT molecular complexity index is 1050. The van der Waals surface area contributed by atoms with Crippen LogP contribution in [0.1, 0.15) is 73.0 Å². The van der Waals surface area contributed by atoms with Crippen LogP contribution in [0.4, 0.5) is 5.82 Å². The Morgan fingerprint density at radius 1 is 1.00 bits per heavy atom. The molecule has 2 aliphatic heterocycles. The van der Waals surface area contributed by atoms with Gasteiger partial charge in [0.05, 0.1) is 5.56 Å². The van der Waals surface area contributed by atoms with Gasteiger partial charge >= 0.3 is 0 Å². The lowest BCUT2D eigenvalue weighted by Crippen LogP contribution is -2.46. The van der Waals surface area contributed by atoms with Crippen LogP contribution in [0.15, 0.2) is 30.5 Å². The van der Waals surface area contributed by atoms with Crippen LogP contribution in [-0.2, 0) is 12.8 Å². The van der Waals surface area contributed by atoms with E-state index in [1.165, 1.54) is 50.0 Å². The number of pyridine rings is 2. The first-order chi connectivity index (χ1) is 17.1. The molecule has 0 bridgehead atoms. The summed E-state index contributed by atoms with van der Waals surface area (Å²) >= 11 is 0. The van der Waals surface area contributed by atoms with Gasteiger partial charge in [0.1, 0.15) is 11.9 Å². The Kier molecular flexibility index (Phi) is 6.13. The van der Waals surface area contributed by atoms with E-state index < -0.39 is 5.91 Å². The molecule has 7 heteroatoms. The van der Waals surface area contributed by atoms with Crippen molar-refractivity contribution in [2.45, 2.75) is 76.4 Å². The topological polar surface area (TPSA) is 84.6 Å². The van der Waals surface area contributed by atoms with Crippen LogP contribution in [-0.4, -0.2) is 59.1 Å². The second-order valence-corrected chi connectivity index (χ2v) is 11.1. The number of primary amides is 1. The smallest absolute Gasteiger partial charge is 0.250 e. The zero-order valence-corrected chi connectivity index (χ0v) is 20.6. The Morgan fingerprint density at radius 3 is 2.46 bits per heavy atom. The summed E-state index contributed by atoms with van der Waals surface area (Å²) in [5.41, 5.74) is 8.81. The van der Waals surface area contributed by atoms with Crippen LogP contribution in [0.3, 0.4) is 0 Å². The molecule has 3 fully saturated rings. The lowest BCUT2D eigenvalue weighted by atomic mass is 9.67. The maximum absolute atomic E-state index is 11.3. The average Bonchev–Trinajstić information content (AvgIpc) is 2.85. The fourth-order valence-corrected chi connectivity index (χ4v) is 6.47. The summed E-state index contributed by atoms with van der Waals surface area (Å²) in [6.45, 7) is 4.33. The average molecular weight is 476 g/mol. The number of likely N-dealkylation sites (tertiary alicyclic amines) is 1. The highest BCUT2D eigenvalue weighted by Gasteiger charge is 2.38. The molecule has 1 saturated carbocycles. The minimum Gasteiger partial charge on any atom is -0.474 e. The number of rotatable bonds is 5. The number of anilines is 1. The van der Waals surface area contributed by atoms with Gasteiger partial charge in [0, 0.05) is 50.2 Å². The van der Waals surface area contributed by atoms with Crippen molar-refractivity contribution >= 4 is 11.7 Å². The monoisotopic (exact) mass is 475 g/mol. The van der Waals surface area contributed by atoms with Crippen molar-refractivity contribution < 1.29 is 9.53 Å². The Labute approximate surface area is 208 Å². The summed E-state index contributed by atoms with van der Waals surface area (Å²) < 4.78 is 6.34. The van der Waals surface area contributed by atoms with E-state index in [0.29, 0.717) is 17.1 Å². The first kappa shape index (κ1) is 22.8. The van der Waals surface area contributed by atoms with Gasteiger partial charge in [-0.05, 0) is 80.9 Å². The van der Waals surface area contributed by atoms with Gasteiger partial charge in [-0.15, -0.1) is 0 Å². The number of piperidine rings is 2. The normalized spacial score (nSPS) is 23.0. The van der Waals surface area contributed by atoms with E-state index in [-0.39, 0.29) is 0 Å². The molecule has 35 heavy (non-hydrogen) atoms. The number of ether oxygens (including phenoxy) is 1. The molecular formula is C28H37N5O2. The van der Waals surface area contributed by atoms with Gasteiger partial charge in [-0.1, -0.05) is 12.5 Å². The zero-order chi connectivity index (χ0) is 23.8. The molecule has 6 rings (SSSR count). The van der Waals surface area contributed by atoms with Crippen LogP contribution in [0, 0.1) is 5.41 Å². The van der Waals surface area contributed by atoms with E-state index in [1.54, 1.807) is 12.3 Å². The molecular weight excluding hydrogens is 438 g/mol. The molecule has 2 aliphatic carbocycles. The molecule has 2 aromatic heterocycles. The Hall–Kier alpha value is -2.67. The summed E-state index contributed by atoms with van der Waals surface area (Å²) in [4.78, 5) is 25.7. The number of carbonyl (C=O) groups excluding carboxylic acids is 1. The number of amides is 1. The molecule has 0 radical (unpaired) electrons. The van der Waals surface area contributed by atoms with Gasteiger partial charge in [0.25, 0.3) is 0 Å². The lowest BCUT2D eigenvalue weighted by molar-refractivity contribution is 0.0473. The van der Waals surface area contributed by atoms with Crippen LogP contribution in [0.5, 0.6) is 5.88 Å². The number of carbonyl (C=O) groups is 1. The third-order valence-corrected chi connectivity index (χ3v) is 9.04. The SMILES string of the molecule is NC(=O)c1ccc(N2CCC3(CCc4nc(OC5CCN(C6CCC6)CC5)ccc4C3)CC2)nc1. The number of hydrogen-bond donors (Lipinski definition) is 1. The predicted molar refractivity (Wildman–Crippen MR) is 136 cm³/mol. The first-order valence-corrected chi connectivity index (χ1v) is 13.5. The minimum atomic E-state index is -0.431. The van der Waals surface area contributed by atoms with E-state index in [1.807, 2.05) is 6.07 Å². The van der Waals surface area contributed by atoms with Crippen LogP contribution in [0.2, 0.25) is 0 Å². The summed E-state index contributed by atoms with van der Waals surface area (Å²) in [6.07, 6.45) is 14.0. The molecule has 0 aromatic carbocycles. The molecule has 4 aliphatic rings. The number of nitrogens with zero attached hydrogens (tertiary/aromatic N) is 4. The van der Waals surface area contributed by atoms with Gasteiger partial charge in [0.2, 0.25) is 11.8 Å². The fraction of sp³-hybridized carbons (Fsp3) is 0.607. The number of aromatic nitrogens is 2. The van der Waals surface area contributed by atoms with Crippen molar-refractivity contribution in [2.75, 3.05) is 31.1 Å². The van der Waals surface area contributed by atoms with Crippen molar-refractivity contribution in [3.63, 3.8) is 0 Å². The molecule has 2 saturated heterocycles. The molecule has 1 spiro atoms. The quantitative estimate of drug-likeness (QED) is 0.709. The van der Waals surface area contributed by atoms with Gasteiger partial charge in [-0.3, -0.25) is 4.79 Å². The second kappa shape index (κ2) is 9.41. The molecule has 186 valence electrons. The van der Waals surface area contributed by atoms with Crippen LogP contribution < -0.4 is 15.4 Å². The predicted octanol–water partition coefficient (Wildman–Crippen LogP) is 3.75. The van der Waals surface area contributed by atoms with E-state index in [2.05, 4.69) is 26.9 Å². The minimum absolute atomic E-state index is 0.307. The first-order valence-electron chi connectivity index (χ1n) is 13.5. The van der Waals surface area contributed by atoms with Crippen molar-refractivity contribution in [3.05, 3.63) is 47.3 Å². The number of hydrogen-bond acceptors (Lipinski definition) is 6. The molecule has 0 unspecified atom stereocenters. The highest BCUT2D eigenvalue weighted by molar-refractivity contribution is 5.92. The second-order valence-electron chi connectivity index (χ2n) is 11.1. The van der Waals surface area contributed by atoms with Crippen LogP contribution >= 0.6 is 0 Å². The van der Waals surface area contributed by atoms with E-state index in [0.717, 1.165) is 69.4 Å². The third-order valence-electron chi connectivity index (χ3n) is 9.04. The number of fused-ring (bicyclic) bond motifs is 1. The fourth-order valence-electron chi connectivity index (χ4n) is 6.47. The Balaban J connectivity index is 1.03. The van der Waals surface area contributed by atoms with Gasteiger partial charge < -0.3 is 20.3 Å². The molecule has 2 aromatic rings. The summed E-state index contributed by atoms with van der Waals surface area (Å²) in [5.74, 6) is 1.32. The van der Waals surface area contributed by atoms with Crippen LogP contribution in [0.25, 0.3) is 0 Å². The molecule has 4 heterocycles. The molecule has 0 atom stereocenters. The van der Waals surface area contributed by atoms with Crippen molar-refractivity contribution in [2.24, 2.45) is 11.1 Å². The van der Waals surface area contributed by atoms with Gasteiger partial charge in [-0.2, -0.15) is 0 Å². The van der Waals surface area contributed by atoms with Gasteiger partial charge in [-0.25, -0.2) is 9.97 Å². The van der Waals surface area contributed by atoms with Gasteiger partial charge in [0.15, 0.2) is 0 Å². The zero-order valence-electron chi connectivity index (χ0n) is 20.6. The largest absolute Gasteiger partial charge is 0.474 e. The van der Waals surface area contributed by atoms with E-state index in [4.69, 9.17) is 15.5 Å². The number of nitrogens with two attached hydrogens (primary N) is 1. The van der Waals surface area contributed by atoms with E-state index in [9.17, 15) is 4.79 Å².